The summed E-state index contributed by atoms with van der Waals surface area (Å²) in [6.45, 7) is 9.33. The SMILES string of the molecule is C[C@@H]1CC[C@@]2(OC1)O[C@H]1C[C@H]3[C@@H]4CC[C@@H]5C[C@@H](O[C@@H]6O[C@H](CO)[C@@H](O)[C@H](O)[C@@H]6O[C@@H]6O[C@H](CO)[C@@H](O)[C@H](O)[C@H]6O)CC[C@]5(C)[C@H]4CC[C@]3(C)[C@H]1[C@@H]2C. The first-order valence-electron chi connectivity index (χ1n) is 20.3. The molecule has 4 saturated carbocycles. The van der Waals surface area contributed by atoms with Gasteiger partial charge in [-0.1, -0.05) is 27.7 Å². The molecule has 13 heteroatoms. The minimum Gasteiger partial charge on any atom is -0.394 e. The van der Waals surface area contributed by atoms with E-state index >= 15 is 0 Å². The normalized spacial score (nSPS) is 59.0. The van der Waals surface area contributed by atoms with Gasteiger partial charge >= 0.3 is 0 Å². The van der Waals surface area contributed by atoms with E-state index in [4.69, 9.17) is 28.4 Å². The number of rotatable bonds is 6. The lowest BCUT2D eigenvalue weighted by Crippen LogP contribution is -2.65. The molecule has 4 aliphatic heterocycles. The zero-order chi connectivity index (χ0) is 36.9. The Bertz CT molecular complexity index is 1260. The van der Waals surface area contributed by atoms with Crippen LogP contribution in [0.2, 0.25) is 0 Å². The summed E-state index contributed by atoms with van der Waals surface area (Å²) in [4.78, 5) is 0. The van der Waals surface area contributed by atoms with Crippen molar-refractivity contribution in [1.82, 2.24) is 0 Å². The summed E-state index contributed by atoms with van der Waals surface area (Å²) in [6, 6.07) is 0. The standard InChI is InChI=1S/C39H64O13/c1-18-7-12-39(47-17-18)19(2)28-25(52-39)14-24-22-6-5-20-13-21(8-10-37(20,3)23(22)9-11-38(24,28)4)48-36-34(32(45)30(43)27(16-41)50-36)51-35-33(46)31(44)29(42)26(15-40)49-35/h18-36,40-46H,5-17H2,1-4H3/t18-,19+,20-,21+,22-,23+,24+,25+,26-,27-,28+,29-,30-,31+,32+,33-,34+,35+,36-,37+,38+,39-/m1/s1. The van der Waals surface area contributed by atoms with Crippen LogP contribution in [-0.2, 0) is 28.4 Å². The van der Waals surface area contributed by atoms with Crippen molar-refractivity contribution in [3.63, 3.8) is 0 Å². The maximum absolute atomic E-state index is 11.1. The molecule has 52 heavy (non-hydrogen) atoms. The third-order valence-corrected chi connectivity index (χ3v) is 16.2. The molecule has 0 unspecified atom stereocenters. The number of ether oxygens (including phenoxy) is 6. The molecule has 4 saturated heterocycles. The smallest absolute Gasteiger partial charge is 0.187 e. The van der Waals surface area contributed by atoms with Crippen molar-refractivity contribution >= 4 is 0 Å². The van der Waals surface area contributed by atoms with Gasteiger partial charge in [0, 0.05) is 12.3 Å². The molecule has 1 spiro atoms. The van der Waals surface area contributed by atoms with Crippen molar-refractivity contribution in [2.24, 2.45) is 52.3 Å². The van der Waals surface area contributed by atoms with Gasteiger partial charge in [0.05, 0.1) is 32.0 Å². The highest BCUT2D eigenvalue weighted by atomic mass is 16.8. The largest absolute Gasteiger partial charge is 0.394 e. The molecule has 0 amide bonds. The van der Waals surface area contributed by atoms with Crippen LogP contribution in [-0.4, -0.2) is 135 Å². The van der Waals surface area contributed by atoms with Crippen molar-refractivity contribution in [2.45, 2.75) is 171 Å². The lowest BCUT2D eigenvalue weighted by molar-refractivity contribution is -0.373. The van der Waals surface area contributed by atoms with Gasteiger partial charge in [0.15, 0.2) is 18.4 Å². The van der Waals surface area contributed by atoms with Gasteiger partial charge in [0.25, 0.3) is 0 Å². The van der Waals surface area contributed by atoms with Gasteiger partial charge in [-0.2, -0.15) is 0 Å². The number of hydrogen-bond donors (Lipinski definition) is 7. The molecule has 0 aromatic rings. The van der Waals surface area contributed by atoms with E-state index in [1.807, 2.05) is 0 Å². The zero-order valence-corrected chi connectivity index (χ0v) is 31.2. The van der Waals surface area contributed by atoms with Crippen LogP contribution in [0, 0.1) is 52.3 Å². The molecule has 298 valence electrons. The van der Waals surface area contributed by atoms with Crippen LogP contribution < -0.4 is 0 Å². The van der Waals surface area contributed by atoms with Crippen molar-refractivity contribution in [3.8, 4) is 0 Å². The third-order valence-electron chi connectivity index (χ3n) is 16.2. The second kappa shape index (κ2) is 14.1. The number of fused-ring (bicyclic) bond motifs is 7. The summed E-state index contributed by atoms with van der Waals surface area (Å²) in [5.74, 6) is 3.51. The van der Waals surface area contributed by atoms with Crippen LogP contribution in [0.5, 0.6) is 0 Å². The molecule has 22 atom stereocenters. The molecular weight excluding hydrogens is 676 g/mol. The van der Waals surface area contributed by atoms with Gasteiger partial charge in [-0.15, -0.1) is 0 Å². The fourth-order valence-corrected chi connectivity index (χ4v) is 13.2. The zero-order valence-electron chi connectivity index (χ0n) is 31.2. The summed E-state index contributed by atoms with van der Waals surface area (Å²) >= 11 is 0. The highest BCUT2D eigenvalue weighted by Crippen LogP contribution is 2.71. The average Bonchev–Trinajstić information content (AvgIpc) is 3.58. The van der Waals surface area contributed by atoms with E-state index in [1.165, 1.54) is 25.7 Å². The second-order valence-electron chi connectivity index (χ2n) is 18.7. The summed E-state index contributed by atoms with van der Waals surface area (Å²) in [5.41, 5.74) is 0.425. The molecule has 13 nitrogen and oxygen atoms in total. The molecule has 4 heterocycles. The first-order valence-corrected chi connectivity index (χ1v) is 20.3. The highest BCUT2D eigenvalue weighted by Gasteiger charge is 2.69. The molecule has 8 fully saturated rings. The maximum Gasteiger partial charge on any atom is 0.187 e. The Hall–Kier alpha value is -0.520. The van der Waals surface area contributed by atoms with Crippen LogP contribution >= 0.6 is 0 Å². The van der Waals surface area contributed by atoms with Crippen LogP contribution in [0.25, 0.3) is 0 Å². The van der Waals surface area contributed by atoms with E-state index in [0.29, 0.717) is 41.4 Å². The topological polar surface area (TPSA) is 197 Å². The molecule has 0 bridgehead atoms. The molecule has 0 radical (unpaired) electrons. The predicted molar refractivity (Wildman–Crippen MR) is 183 cm³/mol. The molecule has 0 aromatic carbocycles. The monoisotopic (exact) mass is 740 g/mol. The minimum absolute atomic E-state index is 0.168. The van der Waals surface area contributed by atoms with Crippen molar-refractivity contribution in [1.29, 1.82) is 0 Å². The Kier molecular flexibility index (Phi) is 10.4. The number of aliphatic hydroxyl groups is 7. The quantitative estimate of drug-likeness (QED) is 0.194. The van der Waals surface area contributed by atoms with Gasteiger partial charge in [0.2, 0.25) is 0 Å². The number of aliphatic hydroxyl groups excluding tert-OH is 7. The van der Waals surface area contributed by atoms with E-state index in [2.05, 4.69) is 27.7 Å². The lowest BCUT2D eigenvalue weighted by Gasteiger charge is -2.61. The summed E-state index contributed by atoms with van der Waals surface area (Å²) < 4.78 is 37.5. The molecule has 8 aliphatic rings. The van der Waals surface area contributed by atoms with E-state index in [0.717, 1.165) is 45.1 Å². The average molecular weight is 741 g/mol. The van der Waals surface area contributed by atoms with Gasteiger partial charge < -0.3 is 64.2 Å². The summed E-state index contributed by atoms with van der Waals surface area (Å²) in [6.07, 6.45) is -3.88. The first-order chi connectivity index (χ1) is 24.7. The first kappa shape index (κ1) is 38.4. The Morgan fingerprint density at radius 2 is 1.37 bits per heavy atom. The Morgan fingerprint density at radius 1 is 0.673 bits per heavy atom. The van der Waals surface area contributed by atoms with Crippen LogP contribution in [0.3, 0.4) is 0 Å². The lowest BCUT2D eigenvalue weighted by atomic mass is 9.44. The Morgan fingerprint density at radius 3 is 2.06 bits per heavy atom. The van der Waals surface area contributed by atoms with Crippen LogP contribution in [0.1, 0.15) is 91.9 Å². The van der Waals surface area contributed by atoms with Crippen LogP contribution in [0.15, 0.2) is 0 Å². The fraction of sp³-hybridized carbons (Fsp3) is 1.00. The number of hydrogen-bond acceptors (Lipinski definition) is 13. The van der Waals surface area contributed by atoms with Crippen molar-refractivity contribution in [3.05, 3.63) is 0 Å². The fourth-order valence-electron chi connectivity index (χ4n) is 13.2. The van der Waals surface area contributed by atoms with Gasteiger partial charge in [0.1, 0.15) is 48.8 Å². The summed E-state index contributed by atoms with van der Waals surface area (Å²) in [5, 5.41) is 72.7. The molecule has 8 rings (SSSR count). The van der Waals surface area contributed by atoms with Crippen molar-refractivity contribution < 1.29 is 64.2 Å². The predicted octanol–water partition coefficient (Wildman–Crippen LogP) is 1.44. The molecular formula is C39H64O13. The summed E-state index contributed by atoms with van der Waals surface area (Å²) in [7, 11) is 0. The minimum atomic E-state index is -1.71. The molecule has 0 aromatic heterocycles. The Balaban J connectivity index is 0.942. The van der Waals surface area contributed by atoms with Gasteiger partial charge in [-0.05, 0) is 104 Å². The molecule has 7 N–H and O–H groups in total. The maximum atomic E-state index is 11.1. The molecule has 4 aliphatic carbocycles. The van der Waals surface area contributed by atoms with E-state index < -0.39 is 80.4 Å². The van der Waals surface area contributed by atoms with Crippen molar-refractivity contribution in [2.75, 3.05) is 19.8 Å². The van der Waals surface area contributed by atoms with Gasteiger partial charge in [-0.25, -0.2) is 0 Å². The van der Waals surface area contributed by atoms with E-state index in [1.54, 1.807) is 0 Å². The van der Waals surface area contributed by atoms with E-state index in [9.17, 15) is 35.7 Å². The van der Waals surface area contributed by atoms with E-state index in [-0.39, 0.29) is 23.0 Å². The second-order valence-corrected chi connectivity index (χ2v) is 18.7. The highest BCUT2D eigenvalue weighted by molar-refractivity contribution is 5.15. The third kappa shape index (κ3) is 5.98. The van der Waals surface area contributed by atoms with Gasteiger partial charge in [-0.3, -0.25) is 0 Å². The van der Waals surface area contributed by atoms with Crippen LogP contribution in [0.4, 0.5) is 0 Å². The Labute approximate surface area is 307 Å².